The molecule has 2 rings (SSSR count). The number of benzene rings is 1. The number of rotatable bonds is 5. The monoisotopic (exact) mass is 277 g/mol. The van der Waals surface area contributed by atoms with Crippen LogP contribution in [0.2, 0.25) is 5.02 Å². The van der Waals surface area contributed by atoms with Crippen LogP contribution in [0.25, 0.3) is 5.69 Å². The third-order valence-electron chi connectivity index (χ3n) is 3.30. The molecular formula is C15H20ClN3. The zero-order valence-electron chi connectivity index (χ0n) is 11.6. The fourth-order valence-electron chi connectivity index (χ4n) is 2.17. The summed E-state index contributed by atoms with van der Waals surface area (Å²) in [5, 5.41) is 8.60. The molecule has 0 fully saturated rings. The molecule has 0 aliphatic carbocycles. The third-order valence-corrected chi connectivity index (χ3v) is 3.53. The van der Waals surface area contributed by atoms with Crippen molar-refractivity contribution < 1.29 is 0 Å². The highest BCUT2D eigenvalue weighted by Crippen LogP contribution is 2.26. The van der Waals surface area contributed by atoms with Gasteiger partial charge in [-0.2, -0.15) is 5.10 Å². The molecule has 1 aromatic heterocycles. The Balaban J connectivity index is 2.35. The molecule has 1 unspecified atom stereocenters. The largest absolute Gasteiger partial charge is 0.380 e. The molecule has 1 aromatic carbocycles. The summed E-state index contributed by atoms with van der Waals surface area (Å²) in [6.07, 6.45) is 4.78. The minimum atomic E-state index is 0.424. The molecule has 3 nitrogen and oxygen atoms in total. The zero-order valence-corrected chi connectivity index (χ0v) is 12.4. The summed E-state index contributed by atoms with van der Waals surface area (Å²) in [5.74, 6) is 0.564. The standard InChI is InChI=1S/C15H20ClN3/c1-4-13(11(2)3)18-14-10-12(16)6-7-15(14)19-9-5-8-17-19/h5-11,13,18H,4H2,1-3H3. The molecule has 0 amide bonds. The lowest BCUT2D eigenvalue weighted by Crippen LogP contribution is -2.25. The number of nitrogens with one attached hydrogen (secondary N) is 1. The fourth-order valence-corrected chi connectivity index (χ4v) is 2.35. The summed E-state index contributed by atoms with van der Waals surface area (Å²) in [6, 6.07) is 8.18. The van der Waals surface area contributed by atoms with Gasteiger partial charge in [0.1, 0.15) is 0 Å². The third kappa shape index (κ3) is 3.29. The molecule has 0 saturated heterocycles. The van der Waals surface area contributed by atoms with Crippen LogP contribution in [0.5, 0.6) is 0 Å². The summed E-state index contributed by atoms with van der Waals surface area (Å²) < 4.78 is 1.85. The predicted molar refractivity (Wildman–Crippen MR) is 81.1 cm³/mol. The van der Waals surface area contributed by atoms with E-state index in [-0.39, 0.29) is 0 Å². The lowest BCUT2D eigenvalue weighted by molar-refractivity contribution is 0.511. The zero-order chi connectivity index (χ0) is 13.8. The number of anilines is 1. The van der Waals surface area contributed by atoms with Crippen molar-refractivity contribution in [3.8, 4) is 5.69 Å². The summed E-state index contributed by atoms with van der Waals surface area (Å²) in [5.41, 5.74) is 2.05. The van der Waals surface area contributed by atoms with E-state index in [0.29, 0.717) is 12.0 Å². The van der Waals surface area contributed by atoms with Gasteiger partial charge in [-0.3, -0.25) is 0 Å². The van der Waals surface area contributed by atoms with Gasteiger partial charge < -0.3 is 5.32 Å². The smallest absolute Gasteiger partial charge is 0.0877 e. The van der Waals surface area contributed by atoms with Gasteiger partial charge in [-0.1, -0.05) is 32.4 Å². The van der Waals surface area contributed by atoms with Gasteiger partial charge in [-0.05, 0) is 36.6 Å². The van der Waals surface area contributed by atoms with Crippen LogP contribution in [-0.2, 0) is 0 Å². The lowest BCUT2D eigenvalue weighted by Gasteiger charge is -2.23. The lowest BCUT2D eigenvalue weighted by atomic mass is 10.0. The Bertz CT molecular complexity index is 520. The quantitative estimate of drug-likeness (QED) is 0.879. The maximum Gasteiger partial charge on any atom is 0.0877 e. The van der Waals surface area contributed by atoms with Gasteiger partial charge in [0.05, 0.1) is 11.4 Å². The molecule has 2 aromatic rings. The van der Waals surface area contributed by atoms with Crippen LogP contribution in [0, 0.1) is 5.92 Å². The van der Waals surface area contributed by atoms with Crippen molar-refractivity contribution in [1.82, 2.24) is 9.78 Å². The second-order valence-corrected chi connectivity index (χ2v) is 5.45. The maximum atomic E-state index is 6.11. The Hall–Kier alpha value is -1.48. The predicted octanol–water partition coefficient (Wildman–Crippen LogP) is 4.37. The average molecular weight is 278 g/mol. The first kappa shape index (κ1) is 13.9. The molecule has 102 valence electrons. The van der Waals surface area contributed by atoms with E-state index < -0.39 is 0 Å². The van der Waals surface area contributed by atoms with Crippen molar-refractivity contribution in [3.05, 3.63) is 41.7 Å². The number of halogens is 1. The molecule has 0 bridgehead atoms. The van der Waals surface area contributed by atoms with Crippen LogP contribution in [-0.4, -0.2) is 15.8 Å². The molecule has 4 heteroatoms. The molecule has 1 atom stereocenters. The summed E-state index contributed by atoms with van der Waals surface area (Å²) in [7, 11) is 0. The van der Waals surface area contributed by atoms with E-state index in [4.69, 9.17) is 11.6 Å². The van der Waals surface area contributed by atoms with Crippen LogP contribution in [0.15, 0.2) is 36.7 Å². The van der Waals surface area contributed by atoms with Gasteiger partial charge in [0, 0.05) is 23.5 Å². The normalized spacial score (nSPS) is 12.7. The van der Waals surface area contributed by atoms with E-state index in [9.17, 15) is 0 Å². The van der Waals surface area contributed by atoms with Crippen molar-refractivity contribution in [2.45, 2.75) is 33.2 Å². The first-order valence-corrected chi connectivity index (χ1v) is 7.05. The van der Waals surface area contributed by atoms with Gasteiger partial charge in [0.15, 0.2) is 0 Å². The number of nitrogens with zero attached hydrogens (tertiary/aromatic N) is 2. The molecular weight excluding hydrogens is 258 g/mol. The SMILES string of the molecule is CCC(Nc1cc(Cl)ccc1-n1cccn1)C(C)C. The summed E-state index contributed by atoms with van der Waals surface area (Å²) >= 11 is 6.11. The van der Waals surface area contributed by atoms with Gasteiger partial charge in [0.25, 0.3) is 0 Å². The molecule has 1 N–H and O–H groups in total. The minimum absolute atomic E-state index is 0.424. The molecule has 19 heavy (non-hydrogen) atoms. The first-order valence-electron chi connectivity index (χ1n) is 6.68. The summed E-state index contributed by atoms with van der Waals surface area (Å²) in [6.45, 7) is 6.63. The second kappa shape index (κ2) is 6.11. The highest BCUT2D eigenvalue weighted by molar-refractivity contribution is 6.31. The van der Waals surface area contributed by atoms with Gasteiger partial charge in [-0.25, -0.2) is 4.68 Å². The number of hydrogen-bond acceptors (Lipinski definition) is 2. The van der Waals surface area contributed by atoms with Crippen LogP contribution < -0.4 is 5.32 Å². The van der Waals surface area contributed by atoms with E-state index in [1.54, 1.807) is 6.20 Å². The van der Waals surface area contributed by atoms with E-state index in [1.807, 2.05) is 35.1 Å². The highest BCUT2D eigenvalue weighted by atomic mass is 35.5. The molecule has 0 aliphatic heterocycles. The van der Waals surface area contributed by atoms with Crippen LogP contribution >= 0.6 is 11.6 Å². The minimum Gasteiger partial charge on any atom is -0.380 e. The highest BCUT2D eigenvalue weighted by Gasteiger charge is 2.14. The van der Waals surface area contributed by atoms with E-state index >= 15 is 0 Å². The van der Waals surface area contributed by atoms with E-state index in [0.717, 1.165) is 22.8 Å². The second-order valence-electron chi connectivity index (χ2n) is 5.02. The Labute approximate surface area is 119 Å². The van der Waals surface area contributed by atoms with Crippen molar-refractivity contribution in [2.24, 2.45) is 5.92 Å². The first-order chi connectivity index (χ1) is 9.11. The van der Waals surface area contributed by atoms with Crippen molar-refractivity contribution >= 4 is 17.3 Å². The summed E-state index contributed by atoms with van der Waals surface area (Å²) in [4.78, 5) is 0. The molecule has 0 radical (unpaired) electrons. The Morgan fingerprint density at radius 2 is 2.16 bits per heavy atom. The van der Waals surface area contributed by atoms with Gasteiger partial charge in [0.2, 0.25) is 0 Å². The van der Waals surface area contributed by atoms with Gasteiger partial charge >= 0.3 is 0 Å². The van der Waals surface area contributed by atoms with Crippen molar-refractivity contribution in [3.63, 3.8) is 0 Å². The topological polar surface area (TPSA) is 29.9 Å². The number of aromatic nitrogens is 2. The molecule has 0 aliphatic rings. The Kier molecular flexibility index (Phi) is 4.48. The molecule has 1 heterocycles. The Morgan fingerprint density at radius 3 is 2.74 bits per heavy atom. The molecule has 0 spiro atoms. The fraction of sp³-hybridized carbons (Fsp3) is 0.400. The number of hydrogen-bond donors (Lipinski definition) is 1. The average Bonchev–Trinajstić information content (AvgIpc) is 2.89. The van der Waals surface area contributed by atoms with E-state index in [2.05, 4.69) is 31.2 Å². The molecule has 0 saturated carbocycles. The van der Waals surface area contributed by atoms with Crippen LogP contribution in [0.1, 0.15) is 27.2 Å². The van der Waals surface area contributed by atoms with Crippen LogP contribution in [0.3, 0.4) is 0 Å². The maximum absolute atomic E-state index is 6.11. The van der Waals surface area contributed by atoms with Crippen LogP contribution in [0.4, 0.5) is 5.69 Å². The van der Waals surface area contributed by atoms with Crippen molar-refractivity contribution in [1.29, 1.82) is 0 Å². The Morgan fingerprint density at radius 1 is 1.37 bits per heavy atom. The van der Waals surface area contributed by atoms with Crippen molar-refractivity contribution in [2.75, 3.05) is 5.32 Å². The van der Waals surface area contributed by atoms with Gasteiger partial charge in [-0.15, -0.1) is 0 Å². The van der Waals surface area contributed by atoms with E-state index in [1.165, 1.54) is 0 Å².